The predicted molar refractivity (Wildman–Crippen MR) is 77.6 cm³/mol. The van der Waals surface area contributed by atoms with Crippen molar-refractivity contribution in [3.05, 3.63) is 33.3 Å². The Morgan fingerprint density at radius 1 is 1.47 bits per heavy atom. The Morgan fingerprint density at radius 3 is 2.74 bits per heavy atom. The zero-order valence-electron chi connectivity index (χ0n) is 10.5. The van der Waals surface area contributed by atoms with E-state index >= 15 is 0 Å². The minimum absolute atomic E-state index is 0.263. The molecule has 19 heavy (non-hydrogen) atoms. The molecule has 4 nitrogen and oxygen atoms in total. The number of hydrogen-bond acceptors (Lipinski definition) is 2. The lowest BCUT2D eigenvalue weighted by molar-refractivity contribution is -0.139. The van der Waals surface area contributed by atoms with Gasteiger partial charge in [-0.05, 0) is 34.5 Å². The van der Waals surface area contributed by atoms with Gasteiger partial charge in [-0.15, -0.1) is 0 Å². The Hall–Kier alpha value is -1.07. The summed E-state index contributed by atoms with van der Waals surface area (Å²) in [6.45, 7) is 1.96. The summed E-state index contributed by atoms with van der Waals surface area (Å²) in [4.78, 5) is 23.1. The highest BCUT2D eigenvalue weighted by atomic mass is 79.9. The standard InChI is InChI=1S/C13H15BrClNO3/c1-2-3-7-10(13(18)19)16-12(17)8-5-4-6-9(14)11(8)15/h4-6,10H,2-3,7H2,1H3,(H,16,17)(H,18,19)/t10-/m0/s1. The number of carbonyl (C=O) groups is 2. The number of benzene rings is 1. The van der Waals surface area contributed by atoms with Crippen molar-refractivity contribution in [2.45, 2.75) is 32.2 Å². The average Bonchev–Trinajstić information content (AvgIpc) is 2.37. The second-order valence-corrected chi connectivity index (χ2v) is 5.34. The number of carbonyl (C=O) groups excluding carboxylic acids is 1. The molecular formula is C13H15BrClNO3. The van der Waals surface area contributed by atoms with E-state index < -0.39 is 17.9 Å². The maximum atomic E-state index is 12.0. The van der Waals surface area contributed by atoms with Crippen molar-refractivity contribution in [3.8, 4) is 0 Å². The molecule has 0 aliphatic heterocycles. The van der Waals surface area contributed by atoms with E-state index in [0.717, 1.165) is 12.8 Å². The Labute approximate surface area is 125 Å². The maximum Gasteiger partial charge on any atom is 0.326 e. The van der Waals surface area contributed by atoms with Crippen molar-refractivity contribution in [3.63, 3.8) is 0 Å². The number of halogens is 2. The quantitative estimate of drug-likeness (QED) is 0.827. The number of unbranched alkanes of at least 4 members (excludes halogenated alkanes) is 1. The van der Waals surface area contributed by atoms with Gasteiger partial charge >= 0.3 is 5.97 Å². The molecule has 0 unspecified atom stereocenters. The number of nitrogens with one attached hydrogen (secondary N) is 1. The third-order valence-corrected chi connectivity index (χ3v) is 3.94. The number of rotatable bonds is 6. The number of carboxylic acid groups (broad SMARTS) is 1. The lowest BCUT2D eigenvalue weighted by atomic mass is 10.1. The molecule has 0 fully saturated rings. The highest BCUT2D eigenvalue weighted by molar-refractivity contribution is 9.10. The number of hydrogen-bond donors (Lipinski definition) is 2. The van der Waals surface area contributed by atoms with Gasteiger partial charge in [0.15, 0.2) is 0 Å². The van der Waals surface area contributed by atoms with Crippen LogP contribution in [0.2, 0.25) is 5.02 Å². The molecule has 1 rings (SSSR count). The molecule has 0 aromatic heterocycles. The van der Waals surface area contributed by atoms with Crippen LogP contribution in [-0.4, -0.2) is 23.0 Å². The van der Waals surface area contributed by atoms with Crippen molar-refractivity contribution in [1.29, 1.82) is 0 Å². The first-order valence-electron chi connectivity index (χ1n) is 5.95. The molecule has 104 valence electrons. The lowest BCUT2D eigenvalue weighted by Crippen LogP contribution is -2.40. The van der Waals surface area contributed by atoms with E-state index in [9.17, 15) is 9.59 Å². The van der Waals surface area contributed by atoms with Gasteiger partial charge in [0.1, 0.15) is 6.04 Å². The maximum absolute atomic E-state index is 12.0. The van der Waals surface area contributed by atoms with Crippen molar-refractivity contribution >= 4 is 39.4 Å². The molecule has 0 saturated carbocycles. The Bertz CT molecular complexity index is 479. The summed E-state index contributed by atoms with van der Waals surface area (Å²) in [6, 6.07) is 4.06. The molecule has 0 aliphatic rings. The van der Waals surface area contributed by atoms with Gasteiger partial charge in [-0.25, -0.2) is 4.79 Å². The smallest absolute Gasteiger partial charge is 0.326 e. The van der Waals surface area contributed by atoms with Crippen LogP contribution in [0.1, 0.15) is 36.5 Å². The third kappa shape index (κ3) is 4.51. The first kappa shape index (κ1) is 16.0. The van der Waals surface area contributed by atoms with Gasteiger partial charge in [-0.1, -0.05) is 37.4 Å². The topological polar surface area (TPSA) is 66.4 Å². The fourth-order valence-corrected chi connectivity index (χ4v) is 2.16. The third-order valence-electron chi connectivity index (χ3n) is 2.65. The molecule has 0 bridgehead atoms. The summed E-state index contributed by atoms with van der Waals surface area (Å²) < 4.78 is 0.599. The average molecular weight is 349 g/mol. The normalized spacial score (nSPS) is 11.9. The number of aliphatic carboxylic acids is 1. The first-order valence-corrected chi connectivity index (χ1v) is 7.12. The Balaban J connectivity index is 2.82. The van der Waals surface area contributed by atoms with Crippen LogP contribution in [0.15, 0.2) is 22.7 Å². The summed E-state index contributed by atoms with van der Waals surface area (Å²) in [5, 5.41) is 11.8. The summed E-state index contributed by atoms with van der Waals surface area (Å²) in [5.41, 5.74) is 0.263. The van der Waals surface area contributed by atoms with Gasteiger partial charge in [0, 0.05) is 4.47 Å². The molecule has 0 radical (unpaired) electrons. The van der Waals surface area contributed by atoms with Crippen LogP contribution in [0.25, 0.3) is 0 Å². The minimum atomic E-state index is -1.03. The Morgan fingerprint density at radius 2 is 2.16 bits per heavy atom. The molecule has 1 aromatic rings. The van der Waals surface area contributed by atoms with E-state index in [1.807, 2.05) is 6.92 Å². The molecular weight excluding hydrogens is 334 g/mol. The molecule has 0 heterocycles. The fraction of sp³-hybridized carbons (Fsp3) is 0.385. The van der Waals surface area contributed by atoms with E-state index in [4.69, 9.17) is 16.7 Å². The fourth-order valence-electron chi connectivity index (χ4n) is 1.58. The van der Waals surface area contributed by atoms with E-state index in [1.54, 1.807) is 18.2 Å². The monoisotopic (exact) mass is 347 g/mol. The minimum Gasteiger partial charge on any atom is -0.480 e. The molecule has 0 aliphatic carbocycles. The molecule has 2 N–H and O–H groups in total. The SMILES string of the molecule is CCCC[C@H](NC(=O)c1cccc(Br)c1Cl)C(=O)O. The largest absolute Gasteiger partial charge is 0.480 e. The van der Waals surface area contributed by atoms with Crippen molar-refractivity contribution in [2.24, 2.45) is 0 Å². The zero-order valence-corrected chi connectivity index (χ0v) is 12.8. The second-order valence-electron chi connectivity index (χ2n) is 4.11. The second kappa shape index (κ2) is 7.50. The van der Waals surface area contributed by atoms with Crippen molar-refractivity contribution in [1.82, 2.24) is 5.32 Å². The van der Waals surface area contributed by atoms with Crippen LogP contribution in [-0.2, 0) is 4.79 Å². The number of carboxylic acids is 1. The molecule has 6 heteroatoms. The molecule has 1 amide bonds. The van der Waals surface area contributed by atoms with Gasteiger partial charge < -0.3 is 10.4 Å². The van der Waals surface area contributed by atoms with E-state index in [0.29, 0.717) is 10.9 Å². The predicted octanol–water partition coefficient (Wildman–Crippen LogP) is 3.48. The molecule has 0 saturated heterocycles. The number of amides is 1. The van der Waals surface area contributed by atoms with Gasteiger partial charge in [0.25, 0.3) is 5.91 Å². The highest BCUT2D eigenvalue weighted by Crippen LogP contribution is 2.26. The van der Waals surface area contributed by atoms with Gasteiger partial charge in [0.2, 0.25) is 0 Å². The van der Waals surface area contributed by atoms with Crippen LogP contribution in [0.3, 0.4) is 0 Å². The van der Waals surface area contributed by atoms with Crippen molar-refractivity contribution in [2.75, 3.05) is 0 Å². The van der Waals surface area contributed by atoms with Gasteiger partial charge in [0.05, 0.1) is 10.6 Å². The van der Waals surface area contributed by atoms with Crippen LogP contribution < -0.4 is 5.32 Å². The van der Waals surface area contributed by atoms with Crippen LogP contribution in [0.4, 0.5) is 0 Å². The van der Waals surface area contributed by atoms with E-state index in [-0.39, 0.29) is 10.6 Å². The first-order chi connectivity index (χ1) is 8.97. The van der Waals surface area contributed by atoms with Gasteiger partial charge in [-0.3, -0.25) is 4.79 Å². The summed E-state index contributed by atoms with van der Waals surface area (Å²) in [7, 11) is 0. The summed E-state index contributed by atoms with van der Waals surface area (Å²) in [6.07, 6.45) is 2.02. The lowest BCUT2D eigenvalue weighted by Gasteiger charge is -2.14. The summed E-state index contributed by atoms with van der Waals surface area (Å²) in [5.74, 6) is -1.51. The van der Waals surface area contributed by atoms with Gasteiger partial charge in [-0.2, -0.15) is 0 Å². The molecule has 0 spiro atoms. The van der Waals surface area contributed by atoms with Crippen LogP contribution in [0, 0.1) is 0 Å². The Kier molecular flexibility index (Phi) is 6.31. The van der Waals surface area contributed by atoms with Crippen LogP contribution >= 0.6 is 27.5 Å². The van der Waals surface area contributed by atoms with E-state index in [1.165, 1.54) is 0 Å². The summed E-state index contributed by atoms with van der Waals surface area (Å²) >= 11 is 9.22. The zero-order chi connectivity index (χ0) is 14.4. The van der Waals surface area contributed by atoms with Crippen LogP contribution in [0.5, 0.6) is 0 Å². The van der Waals surface area contributed by atoms with E-state index in [2.05, 4.69) is 21.2 Å². The van der Waals surface area contributed by atoms with Crippen molar-refractivity contribution < 1.29 is 14.7 Å². The molecule has 1 aromatic carbocycles. The molecule has 1 atom stereocenters. The highest BCUT2D eigenvalue weighted by Gasteiger charge is 2.21.